The van der Waals surface area contributed by atoms with E-state index in [4.69, 9.17) is 4.74 Å². The number of nitrogens with one attached hydrogen (secondary N) is 1. The van der Waals surface area contributed by atoms with Crippen molar-refractivity contribution in [3.05, 3.63) is 65.0 Å². The fourth-order valence-electron chi connectivity index (χ4n) is 2.85. The Bertz CT molecular complexity index is 682. The second-order valence-electron chi connectivity index (χ2n) is 5.55. The molecule has 3 rings (SSSR count). The molecule has 114 valence electrons. The Morgan fingerprint density at radius 2 is 1.95 bits per heavy atom. The van der Waals surface area contributed by atoms with E-state index in [1.54, 1.807) is 7.11 Å². The Morgan fingerprint density at radius 1 is 1.18 bits per heavy atom. The van der Waals surface area contributed by atoms with Gasteiger partial charge in [0.1, 0.15) is 11.6 Å². The summed E-state index contributed by atoms with van der Waals surface area (Å²) in [5, 5.41) is 3.03. The van der Waals surface area contributed by atoms with Crippen molar-refractivity contribution < 1.29 is 13.9 Å². The maximum atomic E-state index is 12.9. The number of rotatable bonds is 3. The molecule has 1 aliphatic carbocycles. The van der Waals surface area contributed by atoms with Gasteiger partial charge in [-0.1, -0.05) is 6.07 Å². The van der Waals surface area contributed by atoms with E-state index in [1.165, 1.54) is 35.4 Å². The van der Waals surface area contributed by atoms with Crippen molar-refractivity contribution in [1.29, 1.82) is 0 Å². The highest BCUT2D eigenvalue weighted by molar-refractivity contribution is 5.94. The van der Waals surface area contributed by atoms with Gasteiger partial charge in [-0.3, -0.25) is 4.79 Å². The molecule has 1 N–H and O–H groups in total. The Morgan fingerprint density at radius 3 is 2.68 bits per heavy atom. The number of benzene rings is 2. The van der Waals surface area contributed by atoms with E-state index < -0.39 is 0 Å². The third kappa shape index (κ3) is 3.11. The maximum Gasteiger partial charge on any atom is 0.251 e. The van der Waals surface area contributed by atoms with Crippen LogP contribution in [0.3, 0.4) is 0 Å². The topological polar surface area (TPSA) is 38.3 Å². The van der Waals surface area contributed by atoms with Crippen LogP contribution in [0.1, 0.15) is 27.9 Å². The number of methoxy groups -OCH3 is 1. The minimum absolute atomic E-state index is 0.0946. The minimum Gasteiger partial charge on any atom is -0.497 e. The normalized spacial score (nSPS) is 16.7. The van der Waals surface area contributed by atoms with Gasteiger partial charge in [0.25, 0.3) is 5.91 Å². The van der Waals surface area contributed by atoms with Crippen LogP contribution in [0.15, 0.2) is 42.5 Å². The first-order valence-electron chi connectivity index (χ1n) is 7.38. The average Bonchev–Trinajstić information content (AvgIpc) is 2.54. The molecule has 1 aliphatic rings. The number of carbonyl (C=O) groups excluding carboxylic acids is 1. The van der Waals surface area contributed by atoms with Crippen molar-refractivity contribution in [2.24, 2.45) is 0 Å². The lowest BCUT2D eigenvalue weighted by Crippen LogP contribution is -2.38. The highest BCUT2D eigenvalue weighted by atomic mass is 19.1. The van der Waals surface area contributed by atoms with Crippen LogP contribution in [0.5, 0.6) is 5.75 Å². The molecule has 0 bridgehead atoms. The number of halogens is 1. The number of hydrogen-bond acceptors (Lipinski definition) is 2. The summed E-state index contributed by atoms with van der Waals surface area (Å²) in [6, 6.07) is 11.8. The Balaban J connectivity index is 1.69. The lowest BCUT2D eigenvalue weighted by molar-refractivity contribution is 0.0933. The zero-order valence-electron chi connectivity index (χ0n) is 12.4. The number of ether oxygens (including phenoxy) is 1. The molecule has 1 atom stereocenters. The van der Waals surface area contributed by atoms with E-state index in [0.717, 1.165) is 25.0 Å². The van der Waals surface area contributed by atoms with Crippen molar-refractivity contribution in [2.75, 3.05) is 7.11 Å². The predicted octanol–water partition coefficient (Wildman–Crippen LogP) is 3.12. The monoisotopic (exact) mass is 299 g/mol. The van der Waals surface area contributed by atoms with Crippen LogP contribution in [0.25, 0.3) is 0 Å². The van der Waals surface area contributed by atoms with Crippen LogP contribution in [0, 0.1) is 5.82 Å². The summed E-state index contributed by atoms with van der Waals surface area (Å²) < 4.78 is 18.2. The first-order valence-corrected chi connectivity index (χ1v) is 7.38. The molecule has 3 nitrogen and oxygen atoms in total. The van der Waals surface area contributed by atoms with Gasteiger partial charge >= 0.3 is 0 Å². The van der Waals surface area contributed by atoms with Crippen molar-refractivity contribution in [2.45, 2.75) is 25.3 Å². The maximum absolute atomic E-state index is 12.9. The van der Waals surface area contributed by atoms with Crippen molar-refractivity contribution in [3.8, 4) is 5.75 Å². The van der Waals surface area contributed by atoms with Crippen molar-refractivity contribution in [1.82, 2.24) is 5.32 Å². The average molecular weight is 299 g/mol. The van der Waals surface area contributed by atoms with Gasteiger partial charge in [0.05, 0.1) is 7.11 Å². The molecule has 0 unspecified atom stereocenters. The molecule has 0 radical (unpaired) electrons. The third-order valence-corrected chi connectivity index (χ3v) is 4.08. The van der Waals surface area contributed by atoms with E-state index >= 15 is 0 Å². The molecule has 0 spiro atoms. The van der Waals surface area contributed by atoms with E-state index in [0.29, 0.717) is 5.56 Å². The molecule has 0 fully saturated rings. The van der Waals surface area contributed by atoms with E-state index in [1.807, 2.05) is 12.1 Å². The summed E-state index contributed by atoms with van der Waals surface area (Å²) in [7, 11) is 1.65. The van der Waals surface area contributed by atoms with E-state index in [-0.39, 0.29) is 17.8 Å². The highest BCUT2D eigenvalue weighted by Gasteiger charge is 2.21. The van der Waals surface area contributed by atoms with Gasteiger partial charge in [0.2, 0.25) is 0 Å². The third-order valence-electron chi connectivity index (χ3n) is 4.08. The number of hydrogen-bond donors (Lipinski definition) is 1. The lowest BCUT2D eigenvalue weighted by Gasteiger charge is -2.26. The molecule has 0 saturated carbocycles. The molecule has 0 heterocycles. The first-order chi connectivity index (χ1) is 10.7. The van der Waals surface area contributed by atoms with Crippen LogP contribution in [0.4, 0.5) is 4.39 Å². The molecular formula is C18H18FNO2. The predicted molar refractivity (Wildman–Crippen MR) is 82.7 cm³/mol. The smallest absolute Gasteiger partial charge is 0.251 e. The van der Waals surface area contributed by atoms with Crippen LogP contribution in [-0.4, -0.2) is 19.1 Å². The zero-order valence-corrected chi connectivity index (χ0v) is 12.4. The summed E-state index contributed by atoms with van der Waals surface area (Å²) in [4.78, 5) is 12.2. The largest absolute Gasteiger partial charge is 0.497 e. The Hall–Kier alpha value is -2.36. The number of aryl methyl sites for hydroxylation is 1. The van der Waals surface area contributed by atoms with Gasteiger partial charge in [-0.2, -0.15) is 0 Å². The van der Waals surface area contributed by atoms with Crippen molar-refractivity contribution >= 4 is 5.91 Å². The van der Waals surface area contributed by atoms with Crippen LogP contribution >= 0.6 is 0 Å². The molecule has 0 saturated heterocycles. The SMILES string of the molecule is COc1ccc2c(c1)C[C@@H](NC(=O)c1ccc(F)cc1)CC2. The standard InChI is InChI=1S/C18H18FNO2/c1-22-17-9-5-12-4-8-16(10-14(12)11-17)20-18(21)13-2-6-15(19)7-3-13/h2-3,5-7,9,11,16H,4,8,10H2,1H3,(H,20,21)/t16-/m0/s1. The summed E-state index contributed by atoms with van der Waals surface area (Å²) in [5.74, 6) is 0.343. The van der Waals surface area contributed by atoms with Crippen LogP contribution in [-0.2, 0) is 12.8 Å². The summed E-state index contributed by atoms with van der Waals surface area (Å²) in [6.45, 7) is 0. The fraction of sp³-hybridized carbons (Fsp3) is 0.278. The molecule has 0 aliphatic heterocycles. The zero-order chi connectivity index (χ0) is 15.5. The molecule has 2 aromatic carbocycles. The molecule has 22 heavy (non-hydrogen) atoms. The molecular weight excluding hydrogens is 281 g/mol. The van der Waals surface area contributed by atoms with Gasteiger partial charge in [0, 0.05) is 11.6 Å². The minimum atomic E-state index is -0.338. The van der Waals surface area contributed by atoms with Crippen molar-refractivity contribution in [3.63, 3.8) is 0 Å². The number of amides is 1. The number of carbonyl (C=O) groups is 1. The summed E-state index contributed by atoms with van der Waals surface area (Å²) in [5.41, 5.74) is 3.01. The molecule has 1 amide bonds. The number of fused-ring (bicyclic) bond motifs is 1. The first kappa shape index (κ1) is 14.6. The van der Waals surface area contributed by atoms with Gasteiger partial charge in [-0.15, -0.1) is 0 Å². The summed E-state index contributed by atoms with van der Waals surface area (Å²) in [6.07, 6.45) is 2.64. The fourth-order valence-corrected chi connectivity index (χ4v) is 2.85. The Kier molecular flexibility index (Phi) is 4.09. The Labute approximate surface area is 129 Å². The van der Waals surface area contributed by atoms with Gasteiger partial charge in [0.15, 0.2) is 0 Å². The second kappa shape index (κ2) is 6.18. The molecule has 2 aromatic rings. The summed E-state index contributed by atoms with van der Waals surface area (Å²) >= 11 is 0. The van der Waals surface area contributed by atoms with Gasteiger partial charge in [-0.05, 0) is 66.8 Å². The van der Waals surface area contributed by atoms with E-state index in [9.17, 15) is 9.18 Å². The molecule has 0 aromatic heterocycles. The van der Waals surface area contributed by atoms with Gasteiger partial charge < -0.3 is 10.1 Å². The van der Waals surface area contributed by atoms with Crippen LogP contribution < -0.4 is 10.1 Å². The highest BCUT2D eigenvalue weighted by Crippen LogP contribution is 2.25. The van der Waals surface area contributed by atoms with Gasteiger partial charge in [-0.25, -0.2) is 4.39 Å². The second-order valence-corrected chi connectivity index (χ2v) is 5.55. The van der Waals surface area contributed by atoms with E-state index in [2.05, 4.69) is 11.4 Å². The van der Waals surface area contributed by atoms with Crippen LogP contribution in [0.2, 0.25) is 0 Å². The molecule has 4 heteroatoms. The quantitative estimate of drug-likeness (QED) is 0.945. The lowest BCUT2D eigenvalue weighted by atomic mass is 9.88.